The Bertz CT molecular complexity index is 930. The smallest absolute Gasteiger partial charge is 0.248 e. The molecule has 0 amide bonds. The Balaban J connectivity index is 1.86. The highest BCUT2D eigenvalue weighted by Crippen LogP contribution is 2.28. The molecule has 0 radical (unpaired) electrons. The van der Waals surface area contributed by atoms with E-state index >= 15 is 0 Å². The lowest BCUT2D eigenvalue weighted by Gasteiger charge is -2.08. The Kier molecular flexibility index (Phi) is 4.83. The van der Waals surface area contributed by atoms with Crippen molar-refractivity contribution in [2.24, 2.45) is 0 Å². The highest BCUT2D eigenvalue weighted by Gasteiger charge is 2.12. The number of benzene rings is 1. The number of nitrogens with one attached hydrogen (secondary N) is 2. The summed E-state index contributed by atoms with van der Waals surface area (Å²) in [5.41, 5.74) is 2.56. The number of ether oxygens (including phenoxy) is 2. The van der Waals surface area contributed by atoms with Gasteiger partial charge < -0.3 is 14.5 Å². The normalized spacial score (nSPS) is 10.7. The molecule has 2 N–H and O–H groups in total. The molecule has 7 heteroatoms. The van der Waals surface area contributed by atoms with Crippen LogP contribution in [0.5, 0.6) is 11.5 Å². The first kappa shape index (κ1) is 16.8. The molecule has 0 aliphatic heterocycles. The van der Waals surface area contributed by atoms with E-state index in [0.717, 1.165) is 22.6 Å². The molecule has 7 nitrogen and oxygen atoms in total. The molecule has 0 bridgehead atoms. The molecule has 2 heterocycles. The minimum absolute atomic E-state index is 0.123. The van der Waals surface area contributed by atoms with Crippen molar-refractivity contribution >= 4 is 0 Å². The van der Waals surface area contributed by atoms with Crippen molar-refractivity contribution in [1.82, 2.24) is 20.2 Å². The summed E-state index contributed by atoms with van der Waals surface area (Å²) in [5.74, 6) is 2.66. The minimum Gasteiger partial charge on any atom is -0.493 e. The van der Waals surface area contributed by atoms with Crippen molar-refractivity contribution in [2.75, 3.05) is 14.2 Å². The van der Waals surface area contributed by atoms with Gasteiger partial charge >= 0.3 is 0 Å². The van der Waals surface area contributed by atoms with E-state index in [1.165, 1.54) is 6.07 Å². The summed E-state index contributed by atoms with van der Waals surface area (Å²) in [6.45, 7) is 1.98. The standard InChI is InChI=1S/C18H20N4O3/c1-4-13-12(6-8-17(23)19-13)18-20-16(21-22-18)10-11-5-7-14(24-2)15(9-11)25-3/h5-9H,4,10H2,1-3H3,(H,19,23)(H,20,21,22). The van der Waals surface area contributed by atoms with Crippen molar-refractivity contribution < 1.29 is 9.47 Å². The largest absolute Gasteiger partial charge is 0.493 e. The molecule has 0 aliphatic rings. The highest BCUT2D eigenvalue weighted by atomic mass is 16.5. The summed E-state index contributed by atoms with van der Waals surface area (Å²) >= 11 is 0. The van der Waals surface area contributed by atoms with E-state index in [1.54, 1.807) is 20.3 Å². The third-order valence-electron chi connectivity index (χ3n) is 3.95. The van der Waals surface area contributed by atoms with Crippen LogP contribution in [0.4, 0.5) is 0 Å². The van der Waals surface area contributed by atoms with Crippen LogP contribution >= 0.6 is 0 Å². The number of pyridine rings is 1. The van der Waals surface area contributed by atoms with Crippen molar-refractivity contribution in [2.45, 2.75) is 19.8 Å². The third kappa shape index (κ3) is 3.55. The second kappa shape index (κ2) is 7.21. The summed E-state index contributed by atoms with van der Waals surface area (Å²) in [4.78, 5) is 18.8. The summed E-state index contributed by atoms with van der Waals surface area (Å²) in [6, 6.07) is 8.97. The van der Waals surface area contributed by atoms with Gasteiger partial charge in [-0.05, 0) is 30.2 Å². The van der Waals surface area contributed by atoms with Gasteiger partial charge in [0.25, 0.3) is 0 Å². The summed E-state index contributed by atoms with van der Waals surface area (Å²) in [6.07, 6.45) is 1.28. The first-order chi connectivity index (χ1) is 12.1. The fraction of sp³-hybridized carbons (Fsp3) is 0.278. The first-order valence-corrected chi connectivity index (χ1v) is 7.99. The van der Waals surface area contributed by atoms with Gasteiger partial charge in [-0.1, -0.05) is 13.0 Å². The quantitative estimate of drug-likeness (QED) is 0.718. The molecule has 0 saturated carbocycles. The molecule has 0 spiro atoms. The van der Waals surface area contributed by atoms with Gasteiger partial charge in [0.2, 0.25) is 5.56 Å². The molecule has 3 rings (SSSR count). The number of nitrogens with zero attached hydrogens (tertiary/aromatic N) is 2. The number of methoxy groups -OCH3 is 2. The molecular formula is C18H20N4O3. The zero-order chi connectivity index (χ0) is 17.8. The molecular weight excluding hydrogens is 320 g/mol. The van der Waals surface area contributed by atoms with Crippen LogP contribution in [0.3, 0.4) is 0 Å². The molecule has 3 aromatic rings. The van der Waals surface area contributed by atoms with Crippen molar-refractivity contribution in [3.63, 3.8) is 0 Å². The van der Waals surface area contributed by atoms with E-state index in [0.29, 0.717) is 30.2 Å². The number of H-pyrrole nitrogens is 2. The zero-order valence-electron chi connectivity index (χ0n) is 14.4. The van der Waals surface area contributed by atoms with Gasteiger partial charge in [0.15, 0.2) is 17.3 Å². The lowest BCUT2D eigenvalue weighted by atomic mass is 10.1. The topological polar surface area (TPSA) is 92.9 Å². The maximum absolute atomic E-state index is 11.5. The summed E-state index contributed by atoms with van der Waals surface area (Å²) in [7, 11) is 3.21. The molecule has 130 valence electrons. The molecule has 0 atom stereocenters. The van der Waals surface area contributed by atoms with Crippen molar-refractivity contribution in [1.29, 1.82) is 0 Å². The first-order valence-electron chi connectivity index (χ1n) is 7.99. The average Bonchev–Trinajstić information content (AvgIpc) is 3.09. The lowest BCUT2D eigenvalue weighted by Crippen LogP contribution is -2.08. The number of aryl methyl sites for hydroxylation is 1. The third-order valence-corrected chi connectivity index (χ3v) is 3.95. The zero-order valence-corrected chi connectivity index (χ0v) is 14.4. The maximum atomic E-state index is 11.5. The second-order valence-corrected chi connectivity index (χ2v) is 5.54. The van der Waals surface area contributed by atoms with Gasteiger partial charge in [-0.15, -0.1) is 0 Å². The fourth-order valence-electron chi connectivity index (χ4n) is 2.68. The van der Waals surface area contributed by atoms with E-state index in [4.69, 9.17) is 9.47 Å². The predicted molar refractivity (Wildman–Crippen MR) is 94.2 cm³/mol. The van der Waals surface area contributed by atoms with Crippen LogP contribution in [0, 0.1) is 0 Å². The van der Waals surface area contributed by atoms with Gasteiger partial charge in [-0.25, -0.2) is 4.98 Å². The fourth-order valence-corrected chi connectivity index (χ4v) is 2.68. The number of hydrogen-bond donors (Lipinski definition) is 2. The predicted octanol–water partition coefficient (Wildman–Crippen LogP) is 2.33. The Hall–Kier alpha value is -3.09. The van der Waals surface area contributed by atoms with E-state index in [9.17, 15) is 4.79 Å². The van der Waals surface area contributed by atoms with Crippen LogP contribution in [-0.4, -0.2) is 34.4 Å². The molecule has 0 unspecified atom stereocenters. The number of rotatable bonds is 6. The highest BCUT2D eigenvalue weighted by molar-refractivity contribution is 5.57. The molecule has 0 saturated heterocycles. The molecule has 0 fully saturated rings. The van der Waals surface area contributed by atoms with Gasteiger partial charge in [0.1, 0.15) is 5.82 Å². The number of aromatic nitrogens is 4. The average molecular weight is 340 g/mol. The molecule has 1 aromatic carbocycles. The molecule has 2 aromatic heterocycles. The van der Waals surface area contributed by atoms with E-state index in [2.05, 4.69) is 20.2 Å². The Morgan fingerprint density at radius 3 is 2.60 bits per heavy atom. The van der Waals surface area contributed by atoms with Gasteiger partial charge in [-0.2, -0.15) is 5.10 Å². The van der Waals surface area contributed by atoms with Gasteiger partial charge in [0.05, 0.1) is 14.2 Å². The van der Waals surface area contributed by atoms with Gasteiger partial charge in [-0.3, -0.25) is 9.89 Å². The second-order valence-electron chi connectivity index (χ2n) is 5.54. The SMILES string of the molecule is CCc1[nH]c(=O)ccc1-c1n[nH]c(Cc2ccc(OC)c(OC)c2)n1. The molecule has 0 aliphatic carbocycles. The van der Waals surface area contributed by atoms with E-state index < -0.39 is 0 Å². The lowest BCUT2D eigenvalue weighted by molar-refractivity contribution is 0.354. The maximum Gasteiger partial charge on any atom is 0.248 e. The number of aromatic amines is 2. The Morgan fingerprint density at radius 2 is 1.88 bits per heavy atom. The Labute approximate surface area is 145 Å². The van der Waals surface area contributed by atoms with Crippen LogP contribution in [0.15, 0.2) is 35.1 Å². The van der Waals surface area contributed by atoms with Crippen LogP contribution in [-0.2, 0) is 12.8 Å². The van der Waals surface area contributed by atoms with E-state index in [1.807, 2.05) is 25.1 Å². The summed E-state index contributed by atoms with van der Waals surface area (Å²) < 4.78 is 10.6. The van der Waals surface area contributed by atoms with Crippen LogP contribution < -0.4 is 15.0 Å². The summed E-state index contributed by atoms with van der Waals surface area (Å²) in [5, 5.41) is 7.24. The van der Waals surface area contributed by atoms with Gasteiger partial charge in [0, 0.05) is 23.7 Å². The Morgan fingerprint density at radius 1 is 1.08 bits per heavy atom. The monoisotopic (exact) mass is 340 g/mol. The number of hydrogen-bond acceptors (Lipinski definition) is 5. The van der Waals surface area contributed by atoms with Crippen molar-refractivity contribution in [3.8, 4) is 22.9 Å². The van der Waals surface area contributed by atoms with Crippen LogP contribution in [0.2, 0.25) is 0 Å². The van der Waals surface area contributed by atoms with E-state index in [-0.39, 0.29) is 5.56 Å². The molecule has 25 heavy (non-hydrogen) atoms. The van der Waals surface area contributed by atoms with Crippen molar-refractivity contribution in [3.05, 3.63) is 57.8 Å². The van der Waals surface area contributed by atoms with Crippen LogP contribution in [0.1, 0.15) is 24.0 Å². The van der Waals surface area contributed by atoms with Crippen LogP contribution in [0.25, 0.3) is 11.4 Å². The minimum atomic E-state index is -0.123.